The van der Waals surface area contributed by atoms with Gasteiger partial charge in [0.1, 0.15) is 0 Å². The fourth-order valence-corrected chi connectivity index (χ4v) is 2.72. The zero-order valence-electron chi connectivity index (χ0n) is 10.6. The van der Waals surface area contributed by atoms with Crippen molar-refractivity contribution in [3.8, 4) is 11.3 Å². The maximum atomic E-state index is 4.68. The van der Waals surface area contributed by atoms with Gasteiger partial charge in [-0.05, 0) is 33.0 Å². The Balaban J connectivity index is 2.24. The van der Waals surface area contributed by atoms with E-state index in [2.05, 4.69) is 47.7 Å². The summed E-state index contributed by atoms with van der Waals surface area (Å²) in [6.45, 7) is 5.25. The molecule has 1 heterocycles. The number of likely N-dealkylation sites (N-methyl/N-ethyl adjacent to an activating group) is 1. The first-order valence-corrected chi connectivity index (χ1v) is 6.74. The lowest BCUT2D eigenvalue weighted by molar-refractivity contribution is 0.788. The van der Waals surface area contributed by atoms with Crippen LogP contribution in [-0.2, 0) is 6.42 Å². The van der Waals surface area contributed by atoms with Crippen LogP contribution >= 0.6 is 11.3 Å². The van der Waals surface area contributed by atoms with E-state index in [1.165, 1.54) is 21.7 Å². The molecule has 2 rings (SSSR count). The second-order valence-electron chi connectivity index (χ2n) is 4.36. The molecule has 0 saturated carbocycles. The molecule has 0 saturated heterocycles. The van der Waals surface area contributed by atoms with Gasteiger partial charge in [-0.3, -0.25) is 0 Å². The standard InChI is InChI=1S/C14H18N2S/c1-10-6-11(2)8-12(7-10)13-9-17-14(16-13)4-5-15-3/h6-9,15H,4-5H2,1-3H3. The Labute approximate surface area is 107 Å². The SMILES string of the molecule is CNCCc1nc(-c2cc(C)cc(C)c2)cs1. The molecule has 0 amide bonds. The molecule has 0 radical (unpaired) electrons. The van der Waals surface area contributed by atoms with Crippen molar-refractivity contribution in [2.45, 2.75) is 20.3 Å². The minimum atomic E-state index is 0.986. The summed E-state index contributed by atoms with van der Waals surface area (Å²) in [6, 6.07) is 6.59. The van der Waals surface area contributed by atoms with Gasteiger partial charge in [0.05, 0.1) is 10.7 Å². The summed E-state index contributed by atoms with van der Waals surface area (Å²) in [5.41, 5.74) is 4.93. The van der Waals surface area contributed by atoms with E-state index in [9.17, 15) is 0 Å². The van der Waals surface area contributed by atoms with Gasteiger partial charge in [0.15, 0.2) is 0 Å². The number of nitrogens with one attached hydrogen (secondary N) is 1. The summed E-state index contributed by atoms with van der Waals surface area (Å²) in [5, 5.41) is 6.50. The third kappa shape index (κ3) is 3.14. The second kappa shape index (κ2) is 5.43. The van der Waals surface area contributed by atoms with Gasteiger partial charge in [-0.15, -0.1) is 11.3 Å². The van der Waals surface area contributed by atoms with E-state index in [0.29, 0.717) is 0 Å². The Hall–Kier alpha value is -1.19. The molecule has 0 fully saturated rings. The highest BCUT2D eigenvalue weighted by Crippen LogP contribution is 2.24. The number of aromatic nitrogens is 1. The molecule has 1 aromatic carbocycles. The van der Waals surface area contributed by atoms with Crippen molar-refractivity contribution in [3.63, 3.8) is 0 Å². The van der Waals surface area contributed by atoms with E-state index in [4.69, 9.17) is 0 Å². The smallest absolute Gasteiger partial charge is 0.0945 e. The number of thiazole rings is 1. The topological polar surface area (TPSA) is 24.9 Å². The average molecular weight is 246 g/mol. The molecule has 0 aliphatic heterocycles. The lowest BCUT2D eigenvalue weighted by atomic mass is 10.1. The number of aryl methyl sites for hydroxylation is 2. The van der Waals surface area contributed by atoms with Gasteiger partial charge >= 0.3 is 0 Å². The van der Waals surface area contributed by atoms with E-state index in [1.54, 1.807) is 11.3 Å². The molecule has 90 valence electrons. The molecule has 0 aliphatic carbocycles. The highest BCUT2D eigenvalue weighted by molar-refractivity contribution is 7.09. The maximum absolute atomic E-state index is 4.68. The molecule has 17 heavy (non-hydrogen) atoms. The van der Waals surface area contributed by atoms with Crippen LogP contribution in [-0.4, -0.2) is 18.6 Å². The van der Waals surface area contributed by atoms with E-state index in [0.717, 1.165) is 18.7 Å². The van der Waals surface area contributed by atoms with Gasteiger partial charge < -0.3 is 5.32 Å². The number of hydrogen-bond acceptors (Lipinski definition) is 3. The molecule has 0 unspecified atom stereocenters. The summed E-state index contributed by atoms with van der Waals surface area (Å²) in [4.78, 5) is 4.68. The minimum Gasteiger partial charge on any atom is -0.319 e. The quantitative estimate of drug-likeness (QED) is 0.896. The van der Waals surface area contributed by atoms with Crippen LogP contribution in [0.1, 0.15) is 16.1 Å². The Morgan fingerprint density at radius 2 is 1.88 bits per heavy atom. The Morgan fingerprint density at radius 1 is 1.18 bits per heavy atom. The first-order valence-electron chi connectivity index (χ1n) is 5.86. The molecule has 1 N–H and O–H groups in total. The summed E-state index contributed by atoms with van der Waals surface area (Å²) < 4.78 is 0. The van der Waals surface area contributed by atoms with E-state index in [1.807, 2.05) is 7.05 Å². The predicted octanol–water partition coefficient (Wildman–Crippen LogP) is 3.19. The molecule has 3 heteroatoms. The normalized spacial score (nSPS) is 10.8. The van der Waals surface area contributed by atoms with Crippen molar-refractivity contribution in [3.05, 3.63) is 39.7 Å². The van der Waals surface area contributed by atoms with Crippen LogP contribution in [0.2, 0.25) is 0 Å². The first kappa shape index (κ1) is 12.3. The second-order valence-corrected chi connectivity index (χ2v) is 5.30. The summed E-state index contributed by atoms with van der Waals surface area (Å²) in [5.74, 6) is 0. The molecular weight excluding hydrogens is 228 g/mol. The van der Waals surface area contributed by atoms with Gasteiger partial charge in [-0.2, -0.15) is 0 Å². The maximum Gasteiger partial charge on any atom is 0.0945 e. The van der Waals surface area contributed by atoms with E-state index >= 15 is 0 Å². The molecule has 0 bridgehead atoms. The Kier molecular flexibility index (Phi) is 3.92. The molecule has 0 atom stereocenters. The highest BCUT2D eigenvalue weighted by atomic mass is 32.1. The number of nitrogens with zero attached hydrogens (tertiary/aromatic N) is 1. The van der Waals surface area contributed by atoms with Crippen LogP contribution in [0.3, 0.4) is 0 Å². The zero-order chi connectivity index (χ0) is 12.3. The number of benzene rings is 1. The fraction of sp³-hybridized carbons (Fsp3) is 0.357. The van der Waals surface area contributed by atoms with E-state index in [-0.39, 0.29) is 0 Å². The van der Waals surface area contributed by atoms with Crippen molar-refractivity contribution in [2.24, 2.45) is 0 Å². The monoisotopic (exact) mass is 246 g/mol. The minimum absolute atomic E-state index is 0.986. The number of hydrogen-bond donors (Lipinski definition) is 1. The van der Waals surface area contributed by atoms with Gasteiger partial charge in [-0.25, -0.2) is 4.98 Å². The van der Waals surface area contributed by atoms with Crippen LogP contribution in [0.15, 0.2) is 23.6 Å². The largest absolute Gasteiger partial charge is 0.319 e. The van der Waals surface area contributed by atoms with Gasteiger partial charge in [0, 0.05) is 23.9 Å². The lowest BCUT2D eigenvalue weighted by Crippen LogP contribution is -2.09. The third-order valence-electron chi connectivity index (χ3n) is 2.66. The lowest BCUT2D eigenvalue weighted by Gasteiger charge is -2.01. The van der Waals surface area contributed by atoms with Crippen molar-refractivity contribution in [1.29, 1.82) is 0 Å². The van der Waals surface area contributed by atoms with Gasteiger partial charge in [-0.1, -0.05) is 17.2 Å². The first-order chi connectivity index (χ1) is 8.19. The van der Waals surface area contributed by atoms with Crippen molar-refractivity contribution >= 4 is 11.3 Å². The summed E-state index contributed by atoms with van der Waals surface area (Å²) >= 11 is 1.74. The van der Waals surface area contributed by atoms with Gasteiger partial charge in [0.25, 0.3) is 0 Å². The van der Waals surface area contributed by atoms with Crippen molar-refractivity contribution in [2.75, 3.05) is 13.6 Å². The van der Waals surface area contributed by atoms with Crippen LogP contribution in [0.5, 0.6) is 0 Å². The molecule has 0 aliphatic rings. The molecule has 1 aromatic heterocycles. The third-order valence-corrected chi connectivity index (χ3v) is 3.57. The highest BCUT2D eigenvalue weighted by Gasteiger charge is 2.05. The van der Waals surface area contributed by atoms with Crippen LogP contribution in [0, 0.1) is 13.8 Å². The van der Waals surface area contributed by atoms with Crippen molar-refractivity contribution in [1.82, 2.24) is 10.3 Å². The average Bonchev–Trinajstić information content (AvgIpc) is 2.73. The zero-order valence-corrected chi connectivity index (χ0v) is 11.4. The van der Waals surface area contributed by atoms with Crippen LogP contribution in [0.4, 0.5) is 0 Å². The Bertz CT molecular complexity index is 482. The number of rotatable bonds is 4. The predicted molar refractivity (Wildman–Crippen MR) is 74.7 cm³/mol. The van der Waals surface area contributed by atoms with Gasteiger partial charge in [0.2, 0.25) is 0 Å². The fourth-order valence-electron chi connectivity index (χ4n) is 1.91. The summed E-state index contributed by atoms with van der Waals surface area (Å²) in [6.07, 6.45) is 1.01. The summed E-state index contributed by atoms with van der Waals surface area (Å²) in [7, 11) is 1.97. The Morgan fingerprint density at radius 3 is 2.53 bits per heavy atom. The van der Waals surface area contributed by atoms with Crippen molar-refractivity contribution < 1.29 is 0 Å². The van der Waals surface area contributed by atoms with Crippen LogP contribution in [0.25, 0.3) is 11.3 Å². The molecule has 0 spiro atoms. The molecule has 2 aromatic rings. The molecule has 2 nitrogen and oxygen atoms in total. The van der Waals surface area contributed by atoms with E-state index < -0.39 is 0 Å². The molecular formula is C14H18N2S. The van der Waals surface area contributed by atoms with Crippen LogP contribution < -0.4 is 5.32 Å².